The molecule has 0 aliphatic carbocycles. The number of hydrogen-bond donors (Lipinski definition) is 1. The third-order valence-electron chi connectivity index (χ3n) is 3.40. The summed E-state index contributed by atoms with van der Waals surface area (Å²) in [5, 5.41) is 18.4. The van der Waals surface area contributed by atoms with Gasteiger partial charge in [0, 0.05) is 30.4 Å². The van der Waals surface area contributed by atoms with Crippen LogP contribution >= 0.6 is 0 Å². The van der Waals surface area contributed by atoms with Gasteiger partial charge in [0.15, 0.2) is 0 Å². The molecule has 1 atom stereocenters. The normalized spacial score (nSPS) is 18.6. The Balaban J connectivity index is 1.89. The molecule has 19 heavy (non-hydrogen) atoms. The van der Waals surface area contributed by atoms with Crippen LogP contribution in [0.25, 0.3) is 11.1 Å². The lowest BCUT2D eigenvalue weighted by atomic mass is 10.1. The number of nitrogens with one attached hydrogen (secondary N) is 1. The molecule has 1 aliphatic heterocycles. The summed E-state index contributed by atoms with van der Waals surface area (Å²) in [6.07, 6.45) is 4.78. The van der Waals surface area contributed by atoms with Gasteiger partial charge in [-0.25, -0.2) is 0 Å². The summed E-state index contributed by atoms with van der Waals surface area (Å²) < 4.78 is 1.94. The van der Waals surface area contributed by atoms with Crippen LogP contribution in [-0.4, -0.2) is 27.8 Å². The van der Waals surface area contributed by atoms with E-state index in [1.54, 1.807) is 18.3 Å². The van der Waals surface area contributed by atoms with Crippen molar-refractivity contribution in [3.05, 3.63) is 46.8 Å². The van der Waals surface area contributed by atoms with E-state index in [-0.39, 0.29) is 10.6 Å². The fraction of sp³-hybridized carbons (Fsp3) is 0.308. The van der Waals surface area contributed by atoms with E-state index < -0.39 is 0 Å². The van der Waals surface area contributed by atoms with Crippen LogP contribution in [0.5, 0.6) is 0 Å². The maximum absolute atomic E-state index is 10.8. The molecule has 6 heteroatoms. The van der Waals surface area contributed by atoms with E-state index in [0.717, 1.165) is 30.6 Å². The predicted molar refractivity (Wildman–Crippen MR) is 70.8 cm³/mol. The quantitative estimate of drug-likeness (QED) is 0.675. The number of aromatic nitrogens is 2. The Morgan fingerprint density at radius 2 is 2.32 bits per heavy atom. The zero-order valence-electron chi connectivity index (χ0n) is 10.3. The maximum atomic E-state index is 10.8. The van der Waals surface area contributed by atoms with Gasteiger partial charge in [-0.05, 0) is 18.5 Å². The number of hydrogen-bond acceptors (Lipinski definition) is 4. The van der Waals surface area contributed by atoms with E-state index in [2.05, 4.69) is 10.4 Å². The highest BCUT2D eigenvalue weighted by Crippen LogP contribution is 2.25. The highest BCUT2D eigenvalue weighted by Gasteiger charge is 2.17. The van der Waals surface area contributed by atoms with Gasteiger partial charge in [0.2, 0.25) is 0 Å². The van der Waals surface area contributed by atoms with Gasteiger partial charge in [0.25, 0.3) is 5.69 Å². The molecule has 1 N–H and O–H groups in total. The Morgan fingerprint density at radius 3 is 3.05 bits per heavy atom. The molecule has 0 saturated carbocycles. The van der Waals surface area contributed by atoms with Crippen molar-refractivity contribution < 1.29 is 4.92 Å². The highest BCUT2D eigenvalue weighted by atomic mass is 16.6. The minimum Gasteiger partial charge on any atom is -0.315 e. The van der Waals surface area contributed by atoms with E-state index in [0.29, 0.717) is 6.04 Å². The average Bonchev–Trinajstić information content (AvgIpc) is 3.09. The third-order valence-corrected chi connectivity index (χ3v) is 3.40. The van der Waals surface area contributed by atoms with Gasteiger partial charge in [-0.2, -0.15) is 5.10 Å². The summed E-state index contributed by atoms with van der Waals surface area (Å²) in [6.45, 7) is 1.94. The van der Waals surface area contributed by atoms with Crippen LogP contribution in [0.2, 0.25) is 0 Å². The van der Waals surface area contributed by atoms with Gasteiger partial charge >= 0.3 is 0 Å². The van der Waals surface area contributed by atoms with Crippen molar-refractivity contribution in [1.29, 1.82) is 0 Å². The van der Waals surface area contributed by atoms with Gasteiger partial charge in [0.1, 0.15) is 0 Å². The number of nitro groups is 1. The molecule has 1 aliphatic rings. The Kier molecular flexibility index (Phi) is 3.00. The molecule has 2 heterocycles. The molecular weight excluding hydrogens is 244 g/mol. The lowest BCUT2D eigenvalue weighted by Crippen LogP contribution is -2.13. The highest BCUT2D eigenvalue weighted by molar-refractivity contribution is 5.64. The van der Waals surface area contributed by atoms with Crippen molar-refractivity contribution in [2.24, 2.45) is 0 Å². The third kappa shape index (κ3) is 2.34. The standard InChI is InChI=1S/C13H14N4O2/c18-17(19)12-3-1-2-10(6-12)11-7-15-16(9-11)13-4-5-14-8-13/h1-3,6-7,9,13-14H,4-5,8H2. The first-order valence-electron chi connectivity index (χ1n) is 6.24. The molecule has 98 valence electrons. The van der Waals surface area contributed by atoms with Crippen molar-refractivity contribution >= 4 is 5.69 Å². The number of nitrogens with zero attached hydrogens (tertiary/aromatic N) is 3. The van der Waals surface area contributed by atoms with Crippen LogP contribution in [0.1, 0.15) is 12.5 Å². The van der Waals surface area contributed by atoms with Crippen molar-refractivity contribution in [2.45, 2.75) is 12.5 Å². The molecule has 1 aromatic heterocycles. The summed E-state index contributed by atoms with van der Waals surface area (Å²) in [7, 11) is 0. The number of benzene rings is 1. The van der Waals surface area contributed by atoms with Crippen LogP contribution in [0, 0.1) is 10.1 Å². The predicted octanol–water partition coefficient (Wildman–Crippen LogP) is 1.99. The topological polar surface area (TPSA) is 73.0 Å². The minimum atomic E-state index is -0.380. The fourth-order valence-electron chi connectivity index (χ4n) is 2.35. The Hall–Kier alpha value is -2.21. The molecule has 1 saturated heterocycles. The zero-order chi connectivity index (χ0) is 13.2. The summed E-state index contributed by atoms with van der Waals surface area (Å²) >= 11 is 0. The summed E-state index contributed by atoms with van der Waals surface area (Å²) in [4.78, 5) is 10.4. The van der Waals surface area contributed by atoms with E-state index >= 15 is 0 Å². The van der Waals surface area contributed by atoms with Crippen LogP contribution in [0.3, 0.4) is 0 Å². The van der Waals surface area contributed by atoms with Gasteiger partial charge in [-0.3, -0.25) is 14.8 Å². The monoisotopic (exact) mass is 258 g/mol. The molecular formula is C13H14N4O2. The van der Waals surface area contributed by atoms with Gasteiger partial charge < -0.3 is 5.32 Å². The molecule has 6 nitrogen and oxygen atoms in total. The van der Waals surface area contributed by atoms with E-state index in [1.807, 2.05) is 16.9 Å². The number of non-ortho nitro benzene ring substituents is 1. The van der Waals surface area contributed by atoms with Gasteiger partial charge in [0.05, 0.1) is 17.2 Å². The van der Waals surface area contributed by atoms with Gasteiger partial charge in [-0.1, -0.05) is 12.1 Å². The minimum absolute atomic E-state index is 0.104. The molecule has 0 amide bonds. The molecule has 0 bridgehead atoms. The van der Waals surface area contributed by atoms with Crippen LogP contribution in [0.4, 0.5) is 5.69 Å². The van der Waals surface area contributed by atoms with E-state index in [9.17, 15) is 10.1 Å². The molecule has 1 aromatic carbocycles. The smallest absolute Gasteiger partial charge is 0.270 e. The van der Waals surface area contributed by atoms with Gasteiger partial charge in [-0.15, -0.1) is 0 Å². The fourth-order valence-corrected chi connectivity index (χ4v) is 2.35. The zero-order valence-corrected chi connectivity index (χ0v) is 10.3. The Labute approximate surface area is 110 Å². The lowest BCUT2D eigenvalue weighted by molar-refractivity contribution is -0.384. The second-order valence-corrected chi connectivity index (χ2v) is 4.66. The van der Waals surface area contributed by atoms with Crippen LogP contribution in [-0.2, 0) is 0 Å². The van der Waals surface area contributed by atoms with E-state index in [1.165, 1.54) is 6.07 Å². The second-order valence-electron chi connectivity index (χ2n) is 4.66. The molecule has 0 radical (unpaired) electrons. The van der Waals surface area contributed by atoms with Crippen molar-refractivity contribution in [3.63, 3.8) is 0 Å². The van der Waals surface area contributed by atoms with Crippen molar-refractivity contribution in [1.82, 2.24) is 15.1 Å². The first-order chi connectivity index (χ1) is 9.24. The van der Waals surface area contributed by atoms with E-state index in [4.69, 9.17) is 0 Å². The molecule has 1 fully saturated rings. The summed E-state index contributed by atoms with van der Waals surface area (Å²) in [5.41, 5.74) is 1.84. The second kappa shape index (κ2) is 4.81. The molecule has 2 aromatic rings. The average molecular weight is 258 g/mol. The molecule has 0 spiro atoms. The molecule has 3 rings (SSSR count). The first kappa shape index (κ1) is 11.9. The Morgan fingerprint density at radius 1 is 1.42 bits per heavy atom. The SMILES string of the molecule is O=[N+]([O-])c1cccc(-c2cnn(C3CCNC3)c2)c1. The number of nitro benzene ring substituents is 1. The number of rotatable bonds is 3. The summed E-state index contributed by atoms with van der Waals surface area (Å²) in [6, 6.07) is 7.01. The van der Waals surface area contributed by atoms with Crippen LogP contribution < -0.4 is 5.32 Å². The Bertz CT molecular complexity index is 602. The van der Waals surface area contributed by atoms with Crippen LogP contribution in [0.15, 0.2) is 36.7 Å². The van der Waals surface area contributed by atoms with Crippen molar-refractivity contribution in [2.75, 3.05) is 13.1 Å². The molecule has 1 unspecified atom stereocenters. The first-order valence-corrected chi connectivity index (χ1v) is 6.24. The largest absolute Gasteiger partial charge is 0.315 e. The lowest BCUT2D eigenvalue weighted by Gasteiger charge is -2.07. The summed E-state index contributed by atoms with van der Waals surface area (Å²) in [5.74, 6) is 0. The van der Waals surface area contributed by atoms with Crippen molar-refractivity contribution in [3.8, 4) is 11.1 Å². The maximum Gasteiger partial charge on any atom is 0.270 e.